The van der Waals surface area contributed by atoms with Crippen molar-refractivity contribution in [2.24, 2.45) is 0 Å². The maximum Gasteiger partial charge on any atom is 0.315 e. The summed E-state index contributed by atoms with van der Waals surface area (Å²) in [5.41, 5.74) is 1.08. The molecule has 3 rings (SSSR count). The van der Waals surface area contributed by atoms with Crippen LogP contribution in [0.2, 0.25) is 0 Å². The molecule has 2 aromatic rings. The highest BCUT2D eigenvalue weighted by atomic mass is 79.9. The summed E-state index contributed by atoms with van der Waals surface area (Å²) < 4.78 is 1.03. The van der Waals surface area contributed by atoms with E-state index in [0.29, 0.717) is 12.0 Å². The maximum absolute atomic E-state index is 12.4. The number of hydrogen-bond donors (Lipinski definition) is 3. The van der Waals surface area contributed by atoms with E-state index >= 15 is 0 Å². The largest absolute Gasteiger partial charge is 0.363 e. The van der Waals surface area contributed by atoms with Crippen molar-refractivity contribution in [2.75, 3.05) is 24.3 Å². The number of anilines is 2. The monoisotopic (exact) mass is 460 g/mol. The van der Waals surface area contributed by atoms with Crippen LogP contribution in [0.4, 0.5) is 16.6 Å². The van der Waals surface area contributed by atoms with Crippen molar-refractivity contribution in [1.82, 2.24) is 20.6 Å². The first-order valence-electron chi connectivity index (χ1n) is 10.00. The molecule has 1 aliphatic carbocycles. The summed E-state index contributed by atoms with van der Waals surface area (Å²) in [6, 6.07) is 10.3. The number of benzene rings is 1. The van der Waals surface area contributed by atoms with Crippen LogP contribution in [0.5, 0.6) is 0 Å². The highest BCUT2D eigenvalue weighted by Crippen LogP contribution is 2.22. The van der Waals surface area contributed by atoms with Gasteiger partial charge in [-0.05, 0) is 56.4 Å². The molecule has 1 saturated carbocycles. The average molecular weight is 461 g/mol. The SMILES string of the molecule is CC(NC(=O)NC1CCC(Nc2nccc(N(C)C)n2)CC1)c1ccc(Br)cc1. The molecule has 1 atom stereocenters. The fourth-order valence-electron chi connectivity index (χ4n) is 3.49. The first-order valence-corrected chi connectivity index (χ1v) is 10.8. The van der Waals surface area contributed by atoms with Gasteiger partial charge in [0.2, 0.25) is 5.95 Å². The van der Waals surface area contributed by atoms with Crippen molar-refractivity contribution < 1.29 is 4.79 Å². The minimum Gasteiger partial charge on any atom is -0.363 e. The van der Waals surface area contributed by atoms with Crippen LogP contribution in [0.1, 0.15) is 44.2 Å². The predicted octanol–water partition coefficient (Wildman–Crippen LogP) is 4.09. The molecule has 8 heteroatoms. The van der Waals surface area contributed by atoms with Crippen LogP contribution >= 0.6 is 15.9 Å². The lowest BCUT2D eigenvalue weighted by Gasteiger charge is -2.30. The van der Waals surface area contributed by atoms with Gasteiger partial charge in [-0.2, -0.15) is 4.98 Å². The first-order chi connectivity index (χ1) is 13.9. The normalized spacial score (nSPS) is 19.9. The molecule has 0 radical (unpaired) electrons. The zero-order valence-corrected chi connectivity index (χ0v) is 18.7. The molecule has 0 aliphatic heterocycles. The first kappa shape index (κ1) is 21.4. The number of nitrogens with one attached hydrogen (secondary N) is 3. The van der Waals surface area contributed by atoms with Gasteiger partial charge >= 0.3 is 6.03 Å². The van der Waals surface area contributed by atoms with E-state index in [1.54, 1.807) is 6.20 Å². The van der Waals surface area contributed by atoms with E-state index < -0.39 is 0 Å². The summed E-state index contributed by atoms with van der Waals surface area (Å²) in [6.45, 7) is 1.99. The van der Waals surface area contributed by atoms with E-state index in [1.807, 2.05) is 56.3 Å². The Morgan fingerprint density at radius 2 is 1.76 bits per heavy atom. The van der Waals surface area contributed by atoms with Gasteiger partial charge in [0.25, 0.3) is 0 Å². The van der Waals surface area contributed by atoms with Crippen molar-refractivity contribution >= 4 is 33.7 Å². The zero-order chi connectivity index (χ0) is 20.8. The van der Waals surface area contributed by atoms with Crippen LogP contribution in [0.15, 0.2) is 41.0 Å². The Labute approximate surface area is 180 Å². The summed E-state index contributed by atoms with van der Waals surface area (Å²) in [5, 5.41) is 9.57. The van der Waals surface area contributed by atoms with E-state index in [4.69, 9.17) is 0 Å². The number of nitrogens with zero attached hydrogens (tertiary/aromatic N) is 3. The van der Waals surface area contributed by atoms with Gasteiger partial charge in [0, 0.05) is 36.8 Å². The molecule has 1 aliphatic rings. The fourth-order valence-corrected chi connectivity index (χ4v) is 3.76. The van der Waals surface area contributed by atoms with Crippen molar-refractivity contribution in [3.8, 4) is 0 Å². The number of rotatable bonds is 6. The number of carbonyl (C=O) groups is 1. The molecule has 1 aromatic carbocycles. The molecule has 1 fully saturated rings. The second-order valence-corrected chi connectivity index (χ2v) is 8.63. The van der Waals surface area contributed by atoms with Gasteiger partial charge in [-0.15, -0.1) is 0 Å². The topological polar surface area (TPSA) is 82.2 Å². The number of aromatic nitrogens is 2. The number of halogens is 1. The molecule has 0 spiro atoms. The van der Waals surface area contributed by atoms with Crippen molar-refractivity contribution in [3.63, 3.8) is 0 Å². The average Bonchev–Trinajstić information content (AvgIpc) is 2.70. The Kier molecular flexibility index (Phi) is 7.30. The minimum absolute atomic E-state index is 0.0396. The predicted molar refractivity (Wildman–Crippen MR) is 120 cm³/mol. The standard InChI is InChI=1S/C21H29BrN6O/c1-14(15-4-6-16(22)7-5-15)24-21(29)26-18-10-8-17(9-11-18)25-20-23-13-12-19(27-20)28(2)3/h4-7,12-14,17-18H,8-11H2,1-3H3,(H,23,25,27)(H2,24,26,29). The zero-order valence-electron chi connectivity index (χ0n) is 17.2. The summed E-state index contributed by atoms with van der Waals surface area (Å²) in [4.78, 5) is 23.2. The molecule has 29 heavy (non-hydrogen) atoms. The molecule has 1 unspecified atom stereocenters. The van der Waals surface area contributed by atoms with E-state index in [9.17, 15) is 4.79 Å². The Morgan fingerprint density at radius 1 is 1.10 bits per heavy atom. The van der Waals surface area contributed by atoms with E-state index in [2.05, 4.69) is 41.8 Å². The Bertz CT molecular complexity index is 805. The quantitative estimate of drug-likeness (QED) is 0.604. The smallest absolute Gasteiger partial charge is 0.315 e. The molecule has 0 bridgehead atoms. The summed E-state index contributed by atoms with van der Waals surface area (Å²) in [5.74, 6) is 1.54. The highest BCUT2D eigenvalue weighted by molar-refractivity contribution is 9.10. The lowest BCUT2D eigenvalue weighted by molar-refractivity contribution is 0.229. The number of carbonyl (C=O) groups excluding carboxylic acids is 1. The number of amides is 2. The van der Waals surface area contributed by atoms with Gasteiger partial charge < -0.3 is 20.9 Å². The summed E-state index contributed by atoms with van der Waals surface area (Å²) in [7, 11) is 3.93. The Morgan fingerprint density at radius 3 is 2.41 bits per heavy atom. The molecule has 156 valence electrons. The third-order valence-corrected chi connectivity index (χ3v) is 5.74. The number of urea groups is 1. The van der Waals surface area contributed by atoms with Gasteiger partial charge in [0.05, 0.1) is 6.04 Å². The van der Waals surface area contributed by atoms with Crippen LogP contribution in [0.3, 0.4) is 0 Å². The molecule has 7 nitrogen and oxygen atoms in total. The van der Waals surface area contributed by atoms with Crippen molar-refractivity contribution in [1.29, 1.82) is 0 Å². The van der Waals surface area contributed by atoms with Crippen LogP contribution in [-0.2, 0) is 0 Å². The lowest BCUT2D eigenvalue weighted by Crippen LogP contribution is -2.45. The number of hydrogen-bond acceptors (Lipinski definition) is 5. The summed E-state index contributed by atoms with van der Waals surface area (Å²) in [6.07, 6.45) is 5.59. The van der Waals surface area contributed by atoms with E-state index in [0.717, 1.165) is 41.5 Å². The molecule has 1 heterocycles. The van der Waals surface area contributed by atoms with Crippen molar-refractivity contribution in [3.05, 3.63) is 46.6 Å². The Balaban J connectivity index is 1.43. The minimum atomic E-state index is -0.112. The Hall–Kier alpha value is -2.35. The highest BCUT2D eigenvalue weighted by Gasteiger charge is 2.23. The molecule has 3 N–H and O–H groups in total. The molecular weight excluding hydrogens is 432 g/mol. The van der Waals surface area contributed by atoms with Gasteiger partial charge in [-0.25, -0.2) is 9.78 Å². The van der Waals surface area contributed by atoms with Crippen LogP contribution in [-0.4, -0.2) is 42.2 Å². The van der Waals surface area contributed by atoms with E-state index in [-0.39, 0.29) is 18.1 Å². The second kappa shape index (κ2) is 9.91. The fraction of sp³-hybridized carbons (Fsp3) is 0.476. The summed E-state index contributed by atoms with van der Waals surface area (Å²) >= 11 is 3.43. The molecule has 1 aromatic heterocycles. The van der Waals surface area contributed by atoms with Crippen molar-refractivity contribution in [2.45, 2.75) is 50.7 Å². The third kappa shape index (κ3) is 6.32. The third-order valence-electron chi connectivity index (χ3n) is 5.21. The second-order valence-electron chi connectivity index (χ2n) is 7.72. The molecular formula is C21H29BrN6O. The van der Waals surface area contributed by atoms with Crippen LogP contribution < -0.4 is 20.9 Å². The van der Waals surface area contributed by atoms with E-state index in [1.165, 1.54) is 0 Å². The van der Waals surface area contributed by atoms with Gasteiger partial charge in [-0.3, -0.25) is 0 Å². The maximum atomic E-state index is 12.4. The van der Waals surface area contributed by atoms with Gasteiger partial charge in [0.1, 0.15) is 5.82 Å². The molecule has 2 amide bonds. The van der Waals surface area contributed by atoms with Gasteiger partial charge in [-0.1, -0.05) is 28.1 Å². The van der Waals surface area contributed by atoms with Crippen LogP contribution in [0.25, 0.3) is 0 Å². The van der Waals surface area contributed by atoms with Crippen LogP contribution in [0, 0.1) is 0 Å². The lowest BCUT2D eigenvalue weighted by atomic mass is 9.91. The molecule has 0 saturated heterocycles. The van der Waals surface area contributed by atoms with Gasteiger partial charge in [0.15, 0.2) is 0 Å².